The molecule has 1 saturated carbocycles. The molecule has 4 heteroatoms. The Labute approximate surface area is 77.4 Å². The topological polar surface area (TPSA) is 63.4 Å². The Morgan fingerprint density at radius 2 is 2.00 bits per heavy atom. The standard InChI is InChI=1S/C9H15NO3/c1-2-8(10(12)13)9(11)6-4-3-5-7-9/h2,8,11H,1,3-7H2/t8-/m0/s1. The van der Waals surface area contributed by atoms with Crippen LogP contribution in [-0.4, -0.2) is 21.7 Å². The highest BCUT2D eigenvalue weighted by molar-refractivity contribution is 4.98. The van der Waals surface area contributed by atoms with Gasteiger partial charge in [-0.2, -0.15) is 0 Å². The molecule has 0 unspecified atom stereocenters. The highest BCUT2D eigenvalue weighted by Crippen LogP contribution is 2.32. The summed E-state index contributed by atoms with van der Waals surface area (Å²) in [5, 5.41) is 20.6. The van der Waals surface area contributed by atoms with Gasteiger partial charge < -0.3 is 5.11 Å². The molecule has 0 spiro atoms. The predicted molar refractivity (Wildman–Crippen MR) is 49.0 cm³/mol. The van der Waals surface area contributed by atoms with Gasteiger partial charge in [-0.25, -0.2) is 0 Å². The van der Waals surface area contributed by atoms with Crippen LogP contribution in [-0.2, 0) is 0 Å². The molecule has 0 aromatic heterocycles. The highest BCUT2D eigenvalue weighted by Gasteiger charge is 2.43. The van der Waals surface area contributed by atoms with Crippen LogP contribution >= 0.6 is 0 Å². The summed E-state index contributed by atoms with van der Waals surface area (Å²) >= 11 is 0. The van der Waals surface area contributed by atoms with Crippen LogP contribution in [0.15, 0.2) is 12.7 Å². The highest BCUT2D eigenvalue weighted by atomic mass is 16.6. The normalized spacial score (nSPS) is 23.5. The molecule has 1 rings (SSSR count). The number of rotatable bonds is 3. The molecule has 1 N–H and O–H groups in total. The lowest BCUT2D eigenvalue weighted by Gasteiger charge is -2.32. The molecule has 1 atom stereocenters. The van der Waals surface area contributed by atoms with Gasteiger partial charge in [-0.1, -0.05) is 25.8 Å². The van der Waals surface area contributed by atoms with E-state index in [1.54, 1.807) is 0 Å². The molecule has 0 aromatic carbocycles. The van der Waals surface area contributed by atoms with Gasteiger partial charge in [0.05, 0.1) is 0 Å². The third kappa shape index (κ3) is 2.06. The Morgan fingerprint density at radius 3 is 2.38 bits per heavy atom. The quantitative estimate of drug-likeness (QED) is 0.412. The lowest BCUT2D eigenvalue weighted by molar-refractivity contribution is -0.533. The lowest BCUT2D eigenvalue weighted by Crippen LogP contribution is -2.47. The molecule has 0 bridgehead atoms. The number of nitrogens with zero attached hydrogens (tertiary/aromatic N) is 1. The molecule has 74 valence electrons. The van der Waals surface area contributed by atoms with Gasteiger partial charge in [-0.15, -0.1) is 0 Å². The summed E-state index contributed by atoms with van der Waals surface area (Å²) in [6.45, 7) is 3.40. The van der Waals surface area contributed by atoms with Crippen LogP contribution in [0.5, 0.6) is 0 Å². The van der Waals surface area contributed by atoms with Crippen molar-refractivity contribution in [2.45, 2.75) is 43.7 Å². The maximum atomic E-state index is 10.6. The fourth-order valence-corrected chi connectivity index (χ4v) is 1.96. The molecule has 1 fully saturated rings. The van der Waals surface area contributed by atoms with Crippen LogP contribution in [0.25, 0.3) is 0 Å². The zero-order valence-electron chi connectivity index (χ0n) is 7.61. The number of hydrogen-bond acceptors (Lipinski definition) is 3. The van der Waals surface area contributed by atoms with E-state index in [-0.39, 0.29) is 0 Å². The summed E-state index contributed by atoms with van der Waals surface area (Å²) in [6.07, 6.45) is 5.08. The molecule has 0 aromatic rings. The maximum absolute atomic E-state index is 10.6. The van der Waals surface area contributed by atoms with E-state index >= 15 is 0 Å². The van der Waals surface area contributed by atoms with Gasteiger partial charge in [0.2, 0.25) is 0 Å². The molecule has 0 aliphatic heterocycles. The molecule has 0 radical (unpaired) electrons. The second-order valence-electron chi connectivity index (χ2n) is 3.63. The Hall–Kier alpha value is -0.900. The zero-order valence-corrected chi connectivity index (χ0v) is 7.61. The van der Waals surface area contributed by atoms with Crippen LogP contribution in [0.1, 0.15) is 32.1 Å². The van der Waals surface area contributed by atoms with Crippen LogP contribution in [0, 0.1) is 10.1 Å². The van der Waals surface area contributed by atoms with Crippen LogP contribution in [0.2, 0.25) is 0 Å². The summed E-state index contributed by atoms with van der Waals surface area (Å²) in [5.41, 5.74) is -1.15. The van der Waals surface area contributed by atoms with Crippen molar-refractivity contribution in [1.82, 2.24) is 0 Å². The SMILES string of the molecule is C=C[C@H]([N+](=O)[O-])C1(O)CCCCC1. The van der Waals surface area contributed by atoms with E-state index in [0.29, 0.717) is 12.8 Å². The van der Waals surface area contributed by atoms with Crippen LogP contribution in [0.4, 0.5) is 0 Å². The molecule has 0 saturated heterocycles. The Morgan fingerprint density at radius 1 is 1.46 bits per heavy atom. The minimum atomic E-state index is -1.15. The van der Waals surface area contributed by atoms with E-state index in [9.17, 15) is 15.2 Å². The third-order valence-corrected chi connectivity index (χ3v) is 2.72. The van der Waals surface area contributed by atoms with Crippen molar-refractivity contribution in [1.29, 1.82) is 0 Å². The second kappa shape index (κ2) is 3.87. The van der Waals surface area contributed by atoms with Gasteiger partial charge in [0, 0.05) is 4.92 Å². The first kappa shape index (κ1) is 10.2. The zero-order chi connectivity index (χ0) is 9.90. The first-order valence-corrected chi connectivity index (χ1v) is 4.58. The van der Waals surface area contributed by atoms with Gasteiger partial charge in [-0.3, -0.25) is 10.1 Å². The van der Waals surface area contributed by atoms with Crippen LogP contribution in [0.3, 0.4) is 0 Å². The molecule has 1 aliphatic rings. The second-order valence-corrected chi connectivity index (χ2v) is 3.63. The third-order valence-electron chi connectivity index (χ3n) is 2.72. The van der Waals surface area contributed by atoms with E-state index in [1.165, 1.54) is 6.08 Å². The van der Waals surface area contributed by atoms with Crippen molar-refractivity contribution < 1.29 is 10.0 Å². The van der Waals surface area contributed by atoms with E-state index in [2.05, 4.69) is 6.58 Å². The maximum Gasteiger partial charge on any atom is 0.259 e. The van der Waals surface area contributed by atoms with Gasteiger partial charge in [0.25, 0.3) is 6.04 Å². The molecular weight excluding hydrogens is 170 g/mol. The lowest BCUT2D eigenvalue weighted by atomic mass is 9.80. The minimum absolute atomic E-state index is 0.446. The summed E-state index contributed by atoms with van der Waals surface area (Å²) < 4.78 is 0. The fraction of sp³-hybridized carbons (Fsp3) is 0.778. The molecule has 0 amide bonds. The fourth-order valence-electron chi connectivity index (χ4n) is 1.96. The summed E-state index contributed by atoms with van der Waals surface area (Å²) in [4.78, 5) is 10.2. The number of nitro groups is 1. The Bertz CT molecular complexity index is 209. The van der Waals surface area contributed by atoms with Crippen molar-refractivity contribution in [3.05, 3.63) is 22.8 Å². The first-order chi connectivity index (χ1) is 6.10. The van der Waals surface area contributed by atoms with E-state index in [1.807, 2.05) is 0 Å². The largest absolute Gasteiger partial charge is 0.382 e. The van der Waals surface area contributed by atoms with Gasteiger partial charge in [0.15, 0.2) is 0 Å². The molecule has 13 heavy (non-hydrogen) atoms. The van der Waals surface area contributed by atoms with Gasteiger partial charge in [0.1, 0.15) is 5.60 Å². The molecule has 1 aliphatic carbocycles. The summed E-state index contributed by atoms with van der Waals surface area (Å²) in [6, 6.07) is -1.01. The Balaban J connectivity index is 2.74. The Kier molecular flexibility index (Phi) is 3.03. The molecule has 0 heterocycles. The minimum Gasteiger partial charge on any atom is -0.382 e. The average molecular weight is 185 g/mol. The predicted octanol–water partition coefficient (Wildman–Crippen LogP) is 1.51. The van der Waals surface area contributed by atoms with Crippen molar-refractivity contribution in [2.75, 3.05) is 0 Å². The van der Waals surface area contributed by atoms with Crippen molar-refractivity contribution >= 4 is 0 Å². The van der Waals surface area contributed by atoms with E-state index in [0.717, 1.165) is 19.3 Å². The van der Waals surface area contributed by atoms with E-state index < -0.39 is 16.6 Å². The van der Waals surface area contributed by atoms with Gasteiger partial charge in [-0.05, 0) is 18.9 Å². The number of aliphatic hydroxyl groups is 1. The first-order valence-electron chi connectivity index (χ1n) is 4.58. The van der Waals surface area contributed by atoms with Gasteiger partial charge >= 0.3 is 0 Å². The smallest absolute Gasteiger partial charge is 0.259 e. The van der Waals surface area contributed by atoms with E-state index in [4.69, 9.17) is 0 Å². The number of hydrogen-bond donors (Lipinski definition) is 1. The van der Waals surface area contributed by atoms with Crippen molar-refractivity contribution in [2.24, 2.45) is 0 Å². The summed E-state index contributed by atoms with van der Waals surface area (Å²) in [7, 11) is 0. The van der Waals surface area contributed by atoms with Crippen molar-refractivity contribution in [3.63, 3.8) is 0 Å². The molecule has 4 nitrogen and oxygen atoms in total. The summed E-state index contributed by atoms with van der Waals surface area (Å²) in [5.74, 6) is 0. The monoisotopic (exact) mass is 185 g/mol. The van der Waals surface area contributed by atoms with Crippen molar-refractivity contribution in [3.8, 4) is 0 Å². The van der Waals surface area contributed by atoms with Crippen LogP contribution < -0.4 is 0 Å². The average Bonchev–Trinajstić information content (AvgIpc) is 2.05. The molecular formula is C9H15NO3.